The Morgan fingerprint density at radius 1 is 0.643 bits per heavy atom. The molecule has 2 aliphatic heterocycles. The molecule has 0 unspecified atom stereocenters. The predicted octanol–water partition coefficient (Wildman–Crippen LogP) is 7.37. The van der Waals surface area contributed by atoms with Crippen LogP contribution in [-0.2, 0) is 14.3 Å². The summed E-state index contributed by atoms with van der Waals surface area (Å²) in [7, 11) is 0. The van der Waals surface area contributed by atoms with Crippen molar-refractivity contribution in [3.8, 4) is 0 Å². The number of fused-ring (bicyclic) bond motifs is 1. The molecular formula is C35H65NO6. The van der Waals surface area contributed by atoms with E-state index in [0.29, 0.717) is 25.8 Å². The van der Waals surface area contributed by atoms with Gasteiger partial charge >= 0.3 is 5.97 Å². The number of ether oxygens (including phenoxy) is 1. The molecule has 2 aliphatic rings. The molecule has 0 aliphatic carbocycles. The number of unbranched alkanes of at least 4 members (excludes halogenated alkanes) is 1. The highest BCUT2D eigenvalue weighted by Gasteiger charge is 2.35. The van der Waals surface area contributed by atoms with Gasteiger partial charge in [-0.25, -0.2) is 4.79 Å². The van der Waals surface area contributed by atoms with Crippen LogP contribution in [0, 0.1) is 0 Å². The summed E-state index contributed by atoms with van der Waals surface area (Å²) in [4.78, 5) is 27.9. The average molecular weight is 596 g/mol. The SMILES string of the molecule is CCCC[C@H]1CCCCCCCCC[C@H](O)[C@H](O)[C@@H](O)CCCCCCCCCCCCC(=O)N2CCC[C@H]2C(=O)O1. The Morgan fingerprint density at radius 3 is 1.64 bits per heavy atom. The van der Waals surface area contributed by atoms with Crippen LogP contribution in [0.3, 0.4) is 0 Å². The minimum Gasteiger partial charge on any atom is -0.461 e. The van der Waals surface area contributed by atoms with E-state index in [0.717, 1.165) is 122 Å². The molecule has 0 aromatic carbocycles. The molecule has 2 rings (SSSR count). The first-order chi connectivity index (χ1) is 20.4. The number of esters is 1. The highest BCUT2D eigenvalue weighted by Crippen LogP contribution is 2.24. The summed E-state index contributed by atoms with van der Waals surface area (Å²) in [6, 6.07) is -0.398. The zero-order valence-corrected chi connectivity index (χ0v) is 27.0. The van der Waals surface area contributed by atoms with Crippen molar-refractivity contribution in [1.82, 2.24) is 4.90 Å². The lowest BCUT2D eigenvalue weighted by molar-refractivity contribution is -0.158. The van der Waals surface area contributed by atoms with Crippen LogP contribution in [0.25, 0.3) is 0 Å². The number of nitrogens with zero attached hydrogens (tertiary/aromatic N) is 1. The lowest BCUT2D eigenvalue weighted by atomic mass is 9.97. The topological polar surface area (TPSA) is 107 Å². The normalized spacial score (nSPS) is 30.8. The van der Waals surface area contributed by atoms with Crippen molar-refractivity contribution in [1.29, 1.82) is 0 Å². The minimum atomic E-state index is -1.05. The van der Waals surface area contributed by atoms with Gasteiger partial charge in [-0.05, 0) is 51.4 Å². The number of carbonyl (C=O) groups is 2. The average Bonchev–Trinajstić information content (AvgIpc) is 3.48. The maximum atomic E-state index is 13.2. The maximum Gasteiger partial charge on any atom is 0.329 e. The molecule has 0 saturated carbocycles. The van der Waals surface area contributed by atoms with Crippen LogP contribution in [-0.4, -0.2) is 69.1 Å². The van der Waals surface area contributed by atoms with Gasteiger partial charge in [0.2, 0.25) is 5.91 Å². The molecule has 2 fully saturated rings. The molecule has 7 heteroatoms. The van der Waals surface area contributed by atoms with Crippen LogP contribution < -0.4 is 0 Å². The van der Waals surface area contributed by atoms with Gasteiger partial charge < -0.3 is 25.0 Å². The Morgan fingerprint density at radius 2 is 1.12 bits per heavy atom. The van der Waals surface area contributed by atoms with Crippen molar-refractivity contribution >= 4 is 11.9 Å². The molecule has 0 aromatic rings. The highest BCUT2D eigenvalue weighted by molar-refractivity contribution is 5.85. The maximum absolute atomic E-state index is 13.2. The fourth-order valence-electron chi connectivity index (χ4n) is 6.64. The Balaban J connectivity index is 1.84. The van der Waals surface area contributed by atoms with Crippen molar-refractivity contribution in [2.24, 2.45) is 0 Å². The van der Waals surface area contributed by atoms with E-state index in [1.54, 1.807) is 4.90 Å². The van der Waals surface area contributed by atoms with Crippen LogP contribution in [0.15, 0.2) is 0 Å². The lowest BCUT2D eigenvalue weighted by Crippen LogP contribution is -2.42. The fourth-order valence-corrected chi connectivity index (χ4v) is 6.64. The van der Waals surface area contributed by atoms with Crippen molar-refractivity contribution in [2.45, 2.75) is 204 Å². The quantitative estimate of drug-likeness (QED) is 0.294. The van der Waals surface area contributed by atoms with E-state index >= 15 is 0 Å². The molecule has 7 nitrogen and oxygen atoms in total. The second kappa shape index (κ2) is 23.2. The van der Waals surface area contributed by atoms with Gasteiger partial charge in [0, 0.05) is 13.0 Å². The van der Waals surface area contributed by atoms with E-state index in [1.807, 2.05) is 0 Å². The number of rotatable bonds is 3. The molecule has 0 aromatic heterocycles. The Bertz CT molecular complexity index is 703. The van der Waals surface area contributed by atoms with Crippen LogP contribution in [0.1, 0.15) is 174 Å². The van der Waals surface area contributed by atoms with Crippen LogP contribution >= 0.6 is 0 Å². The standard InChI is InChI=1S/C35H65NO6/c1-2-3-22-29-23-17-13-9-8-11-15-19-26-32(38)34(40)31(37)25-18-14-10-6-4-5-7-12-16-20-27-33(39)36-28-21-24-30(36)35(41)42-29/h29-32,34,37-38,40H,2-28H2,1H3/t29-,30-,31-,32-,34+/m0/s1. The summed E-state index contributed by atoms with van der Waals surface area (Å²) in [5.41, 5.74) is 0. The van der Waals surface area contributed by atoms with E-state index in [2.05, 4.69) is 6.92 Å². The van der Waals surface area contributed by atoms with Gasteiger partial charge in [0.25, 0.3) is 0 Å². The molecule has 1 amide bonds. The summed E-state index contributed by atoms with van der Waals surface area (Å²) in [5, 5.41) is 31.0. The number of hydrogen-bond donors (Lipinski definition) is 3. The molecule has 2 saturated heterocycles. The van der Waals surface area contributed by atoms with Gasteiger partial charge in [0.05, 0.1) is 12.2 Å². The summed E-state index contributed by atoms with van der Waals surface area (Å²) < 4.78 is 6.04. The van der Waals surface area contributed by atoms with Crippen LogP contribution in [0.2, 0.25) is 0 Å². The van der Waals surface area contributed by atoms with Crippen LogP contribution in [0.5, 0.6) is 0 Å². The van der Waals surface area contributed by atoms with Crippen molar-refractivity contribution in [3.05, 3.63) is 0 Å². The molecular weight excluding hydrogens is 530 g/mol. The number of aliphatic hydroxyl groups excluding tert-OH is 3. The number of amides is 1. The Hall–Kier alpha value is -1.18. The molecule has 2 heterocycles. The molecule has 0 radical (unpaired) electrons. The first kappa shape index (κ1) is 37.0. The Kier molecular flexibility index (Phi) is 20.5. The van der Waals surface area contributed by atoms with Gasteiger partial charge in [-0.3, -0.25) is 4.79 Å². The second-order valence-electron chi connectivity index (χ2n) is 13.2. The van der Waals surface area contributed by atoms with Gasteiger partial charge in [-0.2, -0.15) is 0 Å². The first-order valence-corrected chi connectivity index (χ1v) is 18.0. The van der Waals surface area contributed by atoms with E-state index in [9.17, 15) is 24.9 Å². The van der Waals surface area contributed by atoms with Crippen molar-refractivity contribution in [3.63, 3.8) is 0 Å². The third kappa shape index (κ3) is 15.5. The van der Waals surface area contributed by atoms with Crippen molar-refractivity contribution in [2.75, 3.05) is 6.54 Å². The third-order valence-corrected chi connectivity index (χ3v) is 9.46. The van der Waals surface area contributed by atoms with E-state index < -0.39 is 24.4 Å². The van der Waals surface area contributed by atoms with E-state index in [1.165, 1.54) is 25.7 Å². The minimum absolute atomic E-state index is 0.0568. The number of cyclic esters (lactones) is 1. The van der Waals surface area contributed by atoms with Crippen molar-refractivity contribution < 1.29 is 29.6 Å². The summed E-state index contributed by atoms with van der Waals surface area (Å²) in [6.07, 6.45) is 22.7. The smallest absolute Gasteiger partial charge is 0.329 e. The number of carbonyl (C=O) groups excluding carboxylic acids is 2. The monoisotopic (exact) mass is 595 g/mol. The molecule has 0 bridgehead atoms. The number of aliphatic hydroxyl groups is 3. The van der Waals surface area contributed by atoms with Gasteiger partial charge in [0.1, 0.15) is 18.2 Å². The van der Waals surface area contributed by atoms with E-state index in [4.69, 9.17) is 4.74 Å². The molecule has 0 spiro atoms. The summed E-state index contributed by atoms with van der Waals surface area (Å²) >= 11 is 0. The van der Waals surface area contributed by atoms with Gasteiger partial charge in [-0.1, -0.05) is 116 Å². The lowest BCUT2D eigenvalue weighted by Gasteiger charge is -2.26. The number of hydrogen-bond acceptors (Lipinski definition) is 6. The summed E-state index contributed by atoms with van der Waals surface area (Å²) in [5.74, 6) is -0.0761. The largest absolute Gasteiger partial charge is 0.461 e. The van der Waals surface area contributed by atoms with Gasteiger partial charge in [-0.15, -0.1) is 0 Å². The third-order valence-electron chi connectivity index (χ3n) is 9.46. The van der Waals surface area contributed by atoms with Crippen LogP contribution in [0.4, 0.5) is 0 Å². The first-order valence-electron chi connectivity index (χ1n) is 18.0. The van der Waals surface area contributed by atoms with Gasteiger partial charge in [0.15, 0.2) is 0 Å². The highest BCUT2D eigenvalue weighted by atomic mass is 16.5. The zero-order valence-electron chi connectivity index (χ0n) is 27.0. The van der Waals surface area contributed by atoms with E-state index in [-0.39, 0.29) is 18.0 Å². The Labute approximate surface area is 257 Å². The molecule has 42 heavy (non-hydrogen) atoms. The summed E-state index contributed by atoms with van der Waals surface area (Å²) in [6.45, 7) is 2.84. The molecule has 3 N–H and O–H groups in total. The predicted molar refractivity (Wildman–Crippen MR) is 169 cm³/mol. The fraction of sp³-hybridized carbons (Fsp3) is 0.943. The second-order valence-corrected chi connectivity index (χ2v) is 13.2. The molecule has 246 valence electrons. The zero-order chi connectivity index (χ0) is 30.4. The molecule has 5 atom stereocenters.